The summed E-state index contributed by atoms with van der Waals surface area (Å²) in [4.78, 5) is 2.59. The molecular formula is C65H72N2S. The van der Waals surface area contributed by atoms with Crippen molar-refractivity contribution in [2.75, 3.05) is 11.1 Å². The molecule has 0 spiro atoms. The second-order valence-corrected chi connectivity index (χ2v) is 16.0. The predicted molar refractivity (Wildman–Crippen MR) is 308 cm³/mol. The number of allylic oxidation sites excluding steroid dienone is 10. The lowest BCUT2D eigenvalue weighted by Crippen LogP contribution is -1.90. The van der Waals surface area contributed by atoms with Crippen LogP contribution in [0.2, 0.25) is 0 Å². The molecule has 0 unspecified atom stereocenters. The van der Waals surface area contributed by atoms with Crippen molar-refractivity contribution in [3.05, 3.63) is 277 Å². The monoisotopic (exact) mass is 913 g/mol. The summed E-state index contributed by atoms with van der Waals surface area (Å²) in [5.41, 5.74) is 19.8. The Balaban J connectivity index is 0.000000247. The van der Waals surface area contributed by atoms with Gasteiger partial charge >= 0.3 is 0 Å². The lowest BCUT2D eigenvalue weighted by atomic mass is 10.0. The molecule has 1 heterocycles. The number of thioether (sulfide) groups is 1. The van der Waals surface area contributed by atoms with Crippen molar-refractivity contribution < 1.29 is 0 Å². The van der Waals surface area contributed by atoms with Crippen molar-refractivity contribution in [1.82, 2.24) is 0 Å². The maximum absolute atomic E-state index is 5.60. The maximum Gasteiger partial charge on any atom is 0.0384 e. The van der Waals surface area contributed by atoms with Crippen molar-refractivity contribution in [3.8, 4) is 33.4 Å². The molecule has 348 valence electrons. The Bertz CT molecular complexity index is 2500. The molecule has 0 atom stereocenters. The Hall–Kier alpha value is -7.33. The molecule has 3 heteroatoms. The van der Waals surface area contributed by atoms with Crippen LogP contribution < -0.4 is 11.1 Å². The second-order valence-electron chi connectivity index (χ2n) is 14.8. The number of nitrogens with one attached hydrogen (secondary N) is 1. The van der Waals surface area contributed by atoms with Crippen molar-refractivity contribution in [1.29, 1.82) is 0 Å². The van der Waals surface area contributed by atoms with Crippen LogP contribution in [0, 0.1) is 0 Å². The van der Waals surface area contributed by atoms with Crippen molar-refractivity contribution in [3.63, 3.8) is 0 Å². The molecule has 0 saturated carbocycles. The summed E-state index contributed by atoms with van der Waals surface area (Å²) < 4.78 is 0. The Morgan fingerprint density at radius 2 is 0.912 bits per heavy atom. The fourth-order valence-corrected chi connectivity index (χ4v) is 7.89. The van der Waals surface area contributed by atoms with Crippen LogP contribution in [-0.4, -0.2) is 0 Å². The fraction of sp³-hybridized carbons (Fsp3) is 0.138. The first kappa shape index (κ1) is 55.0. The topological polar surface area (TPSA) is 38.0 Å². The van der Waals surface area contributed by atoms with Gasteiger partial charge in [-0.2, -0.15) is 0 Å². The lowest BCUT2D eigenvalue weighted by Gasteiger charge is -2.09. The standard InChI is InChI=1S/C24H19N.C13H14.C12H11N.C12H16S.2C2H6/c1-3-7-19(8-4-1)21-11-15-23(16-12-21)25-24-17-13-22(14-18-24)20-9-5-2-6-10-20;1-3-8-12(9-4-2)13-10-6-5-7-11-13;13-12-8-6-11(7-9-12)10-4-2-1-3-5-10;1-4-7-12-11(5-2)9-6-8-10(3)13-12;2*1-2/h1-18,25H;3-11H,1H2,2H3;1-9H,13H2;4-5,7H,1,3,6,8-9H2,2H3;2*1-2H3/b;9-4-,12-8+;;11-5-,12-7+;;. The summed E-state index contributed by atoms with van der Waals surface area (Å²) in [7, 11) is 0. The highest BCUT2D eigenvalue weighted by Gasteiger charge is 2.11. The summed E-state index contributed by atoms with van der Waals surface area (Å²) in [5, 5.41) is 3.46. The molecule has 68 heavy (non-hydrogen) atoms. The molecule has 8 rings (SSSR count). The summed E-state index contributed by atoms with van der Waals surface area (Å²) in [6.07, 6.45) is 17.6. The molecule has 1 saturated heterocycles. The first-order chi connectivity index (χ1) is 33.4. The largest absolute Gasteiger partial charge is 0.399 e. The van der Waals surface area contributed by atoms with E-state index in [4.69, 9.17) is 5.73 Å². The number of anilines is 3. The number of hydrogen-bond donors (Lipinski definition) is 2. The number of nitrogens with two attached hydrogens (primary N) is 1. The van der Waals surface area contributed by atoms with Crippen LogP contribution in [0.25, 0.3) is 39.0 Å². The molecule has 1 fully saturated rings. The van der Waals surface area contributed by atoms with E-state index in [1.165, 1.54) is 72.7 Å². The summed E-state index contributed by atoms with van der Waals surface area (Å²) in [6, 6.07) is 66.4. The fourth-order valence-electron chi connectivity index (χ4n) is 6.82. The van der Waals surface area contributed by atoms with Crippen LogP contribution in [0.15, 0.2) is 272 Å². The highest BCUT2D eigenvalue weighted by molar-refractivity contribution is 8.06. The third-order valence-electron chi connectivity index (χ3n) is 10.1. The Morgan fingerprint density at radius 3 is 1.29 bits per heavy atom. The van der Waals surface area contributed by atoms with E-state index in [0.717, 1.165) is 23.5 Å². The predicted octanol–water partition coefficient (Wildman–Crippen LogP) is 20.0. The van der Waals surface area contributed by atoms with Crippen LogP contribution in [0.5, 0.6) is 0 Å². The molecule has 1 aliphatic rings. The van der Waals surface area contributed by atoms with Gasteiger partial charge in [-0.25, -0.2) is 0 Å². The minimum Gasteiger partial charge on any atom is -0.399 e. The SMILES string of the molecule is C=C/C=C(\C=C/C)c1ccccc1.C=C/C=C1/SC(=C)CCC/C1=C/C.CC.CC.Nc1ccc(-c2ccccc2)cc1.c1ccc(-c2ccc(Nc3ccc(-c4ccccc4)cc3)cc2)cc1. The molecule has 0 aliphatic carbocycles. The number of nitrogen functional groups attached to an aromatic ring is 1. The molecule has 7 aromatic carbocycles. The molecule has 7 aromatic rings. The smallest absolute Gasteiger partial charge is 0.0384 e. The zero-order valence-corrected chi connectivity index (χ0v) is 42.1. The van der Waals surface area contributed by atoms with E-state index in [1.807, 2.05) is 132 Å². The highest BCUT2D eigenvalue weighted by atomic mass is 32.2. The molecule has 1 aliphatic heterocycles. The molecular weight excluding hydrogens is 841 g/mol. The van der Waals surface area contributed by atoms with E-state index in [0.29, 0.717) is 0 Å². The molecule has 0 aromatic heterocycles. The van der Waals surface area contributed by atoms with E-state index in [1.54, 1.807) is 11.8 Å². The average Bonchev–Trinajstić information content (AvgIpc) is 3.59. The van der Waals surface area contributed by atoms with Crippen LogP contribution in [0.4, 0.5) is 17.1 Å². The van der Waals surface area contributed by atoms with E-state index in [9.17, 15) is 0 Å². The Kier molecular flexibility index (Phi) is 26.8. The van der Waals surface area contributed by atoms with E-state index < -0.39 is 0 Å². The lowest BCUT2D eigenvalue weighted by molar-refractivity contribution is 0.845. The van der Waals surface area contributed by atoms with Crippen LogP contribution in [0.1, 0.15) is 66.4 Å². The number of rotatable bonds is 9. The Morgan fingerprint density at radius 1 is 0.515 bits per heavy atom. The average molecular weight is 913 g/mol. The van der Waals surface area contributed by atoms with Gasteiger partial charge < -0.3 is 11.1 Å². The highest BCUT2D eigenvalue weighted by Crippen LogP contribution is 2.38. The molecule has 0 amide bonds. The van der Waals surface area contributed by atoms with Gasteiger partial charge in [-0.3, -0.25) is 0 Å². The second kappa shape index (κ2) is 33.2. The van der Waals surface area contributed by atoms with Crippen molar-refractivity contribution in [2.45, 2.75) is 60.8 Å². The molecule has 0 radical (unpaired) electrons. The minimum absolute atomic E-state index is 0.805. The zero-order valence-electron chi connectivity index (χ0n) is 41.2. The number of benzene rings is 7. The van der Waals surface area contributed by atoms with Gasteiger partial charge in [-0.1, -0.05) is 253 Å². The van der Waals surface area contributed by atoms with Crippen molar-refractivity contribution in [2.24, 2.45) is 0 Å². The van der Waals surface area contributed by atoms with Gasteiger partial charge in [-0.05, 0) is 131 Å². The van der Waals surface area contributed by atoms with Crippen molar-refractivity contribution >= 4 is 34.4 Å². The molecule has 2 nitrogen and oxygen atoms in total. The van der Waals surface area contributed by atoms with Gasteiger partial charge in [0.1, 0.15) is 0 Å². The van der Waals surface area contributed by atoms with E-state index in [2.05, 4.69) is 172 Å². The van der Waals surface area contributed by atoms with Crippen LogP contribution in [0.3, 0.4) is 0 Å². The molecule has 3 N–H and O–H groups in total. The zero-order chi connectivity index (χ0) is 49.2. The first-order valence-electron chi connectivity index (χ1n) is 23.7. The quantitative estimate of drug-likeness (QED) is 0.112. The van der Waals surface area contributed by atoms with Gasteiger partial charge in [0.15, 0.2) is 0 Å². The summed E-state index contributed by atoms with van der Waals surface area (Å²) in [6.45, 7) is 23.6. The number of hydrogen-bond acceptors (Lipinski definition) is 3. The summed E-state index contributed by atoms with van der Waals surface area (Å²) >= 11 is 1.79. The van der Waals surface area contributed by atoms with Gasteiger partial charge in [0.05, 0.1) is 0 Å². The van der Waals surface area contributed by atoms with Gasteiger partial charge in [0.2, 0.25) is 0 Å². The third-order valence-corrected chi connectivity index (χ3v) is 11.2. The minimum atomic E-state index is 0.805. The van der Waals surface area contributed by atoms with Crippen LogP contribution in [-0.2, 0) is 0 Å². The van der Waals surface area contributed by atoms with E-state index >= 15 is 0 Å². The van der Waals surface area contributed by atoms with Gasteiger partial charge in [0, 0.05) is 22.0 Å². The molecule has 0 bridgehead atoms. The normalized spacial score (nSPS) is 12.9. The van der Waals surface area contributed by atoms with Crippen LogP contribution >= 0.6 is 11.8 Å². The van der Waals surface area contributed by atoms with E-state index in [-0.39, 0.29) is 0 Å². The Labute approximate surface area is 414 Å². The third kappa shape index (κ3) is 19.6. The van der Waals surface area contributed by atoms with Gasteiger partial charge in [0.25, 0.3) is 0 Å². The van der Waals surface area contributed by atoms with Gasteiger partial charge in [-0.15, -0.1) is 0 Å². The first-order valence-corrected chi connectivity index (χ1v) is 24.6. The summed E-state index contributed by atoms with van der Waals surface area (Å²) in [5.74, 6) is 0. The maximum atomic E-state index is 5.60.